The van der Waals surface area contributed by atoms with Gasteiger partial charge in [0.25, 0.3) is 0 Å². The van der Waals surface area contributed by atoms with Crippen molar-refractivity contribution in [2.24, 2.45) is 10.8 Å². The first-order valence-electron chi connectivity index (χ1n) is 7.05. The Bertz CT molecular complexity index is 759. The first-order valence-corrected chi connectivity index (χ1v) is 7.05. The van der Waals surface area contributed by atoms with E-state index >= 15 is 0 Å². The van der Waals surface area contributed by atoms with Crippen LogP contribution in [0, 0.1) is 5.82 Å². The summed E-state index contributed by atoms with van der Waals surface area (Å²) in [5.74, 6) is -0.372. The minimum absolute atomic E-state index is 0.315. The molecule has 1 atom stereocenters. The number of halogens is 4. The zero-order chi connectivity index (χ0) is 17.3. The molecule has 1 unspecified atom stereocenters. The molecule has 0 bridgehead atoms. The Labute approximate surface area is 135 Å². The zero-order valence-electron chi connectivity index (χ0n) is 12.3. The van der Waals surface area contributed by atoms with Gasteiger partial charge in [-0.1, -0.05) is 12.1 Å². The third kappa shape index (κ3) is 3.58. The molecule has 4 nitrogen and oxygen atoms in total. The molecule has 0 amide bonds. The lowest BCUT2D eigenvalue weighted by Crippen LogP contribution is -2.20. The Kier molecular flexibility index (Phi) is 4.04. The van der Waals surface area contributed by atoms with Gasteiger partial charge < -0.3 is 10.5 Å². The van der Waals surface area contributed by atoms with Crippen LogP contribution in [0.4, 0.5) is 23.2 Å². The SMILES string of the molecule is NC1=NN(c2ccc(F)cc2)C(c2cccc(OC(F)(F)F)c2)C1. The number of benzene rings is 2. The second-order valence-electron chi connectivity index (χ2n) is 5.25. The van der Waals surface area contributed by atoms with Crippen molar-refractivity contribution in [3.05, 3.63) is 59.9 Å². The van der Waals surface area contributed by atoms with Gasteiger partial charge in [0.05, 0.1) is 11.7 Å². The molecule has 0 aromatic heterocycles. The molecule has 0 saturated heterocycles. The van der Waals surface area contributed by atoms with E-state index in [1.807, 2.05) is 0 Å². The summed E-state index contributed by atoms with van der Waals surface area (Å²) in [5.41, 5.74) is 6.93. The van der Waals surface area contributed by atoms with E-state index in [-0.39, 0.29) is 5.75 Å². The molecule has 1 aliphatic rings. The van der Waals surface area contributed by atoms with Crippen molar-refractivity contribution < 1.29 is 22.3 Å². The number of alkyl halides is 3. The van der Waals surface area contributed by atoms with Crippen LogP contribution in [0.5, 0.6) is 5.75 Å². The summed E-state index contributed by atoms with van der Waals surface area (Å²) in [5, 5.41) is 5.75. The monoisotopic (exact) mass is 339 g/mol. The highest BCUT2D eigenvalue weighted by Gasteiger charge is 2.32. The molecule has 2 aromatic carbocycles. The number of nitrogens with two attached hydrogens (primary N) is 1. The molecule has 8 heteroatoms. The molecule has 2 N–H and O–H groups in total. The maximum absolute atomic E-state index is 13.1. The largest absolute Gasteiger partial charge is 0.573 e. The normalized spacial score (nSPS) is 17.8. The van der Waals surface area contributed by atoms with Gasteiger partial charge in [0.15, 0.2) is 0 Å². The van der Waals surface area contributed by atoms with Gasteiger partial charge in [-0.25, -0.2) is 4.39 Å². The number of hydrogen-bond donors (Lipinski definition) is 1. The van der Waals surface area contributed by atoms with E-state index in [9.17, 15) is 17.6 Å². The Morgan fingerprint density at radius 1 is 1.12 bits per heavy atom. The van der Waals surface area contributed by atoms with E-state index in [2.05, 4.69) is 9.84 Å². The van der Waals surface area contributed by atoms with Crippen LogP contribution in [0.15, 0.2) is 53.6 Å². The number of amidine groups is 1. The van der Waals surface area contributed by atoms with Crippen LogP contribution in [0.3, 0.4) is 0 Å². The number of nitrogens with zero attached hydrogens (tertiary/aromatic N) is 2. The van der Waals surface area contributed by atoms with Crippen molar-refractivity contribution in [2.75, 3.05) is 5.01 Å². The van der Waals surface area contributed by atoms with Gasteiger partial charge in [-0.05, 0) is 42.0 Å². The number of hydrazone groups is 1. The third-order valence-corrected chi connectivity index (χ3v) is 3.50. The summed E-state index contributed by atoms with van der Waals surface area (Å²) in [6.07, 6.45) is -4.42. The second-order valence-corrected chi connectivity index (χ2v) is 5.25. The van der Waals surface area contributed by atoms with Gasteiger partial charge in [0.1, 0.15) is 17.4 Å². The lowest BCUT2D eigenvalue weighted by Gasteiger charge is -2.24. The Morgan fingerprint density at radius 3 is 2.50 bits per heavy atom. The van der Waals surface area contributed by atoms with Crippen molar-refractivity contribution in [1.29, 1.82) is 0 Å². The minimum atomic E-state index is -4.76. The van der Waals surface area contributed by atoms with Gasteiger partial charge in [0.2, 0.25) is 0 Å². The highest BCUT2D eigenvalue weighted by molar-refractivity contribution is 5.85. The maximum atomic E-state index is 13.1. The fraction of sp³-hybridized carbons (Fsp3) is 0.188. The van der Waals surface area contributed by atoms with E-state index in [1.165, 1.54) is 42.5 Å². The Morgan fingerprint density at radius 2 is 1.83 bits per heavy atom. The topological polar surface area (TPSA) is 50.8 Å². The zero-order valence-corrected chi connectivity index (χ0v) is 12.3. The van der Waals surface area contributed by atoms with Crippen LogP contribution < -0.4 is 15.5 Å². The summed E-state index contributed by atoms with van der Waals surface area (Å²) in [6, 6.07) is 10.9. The molecule has 1 aliphatic heterocycles. The quantitative estimate of drug-likeness (QED) is 0.862. The molecule has 0 aliphatic carbocycles. The van der Waals surface area contributed by atoms with Crippen molar-refractivity contribution in [2.45, 2.75) is 18.8 Å². The molecule has 0 saturated carbocycles. The summed E-state index contributed by atoms with van der Waals surface area (Å²) in [4.78, 5) is 0. The Hall–Kier alpha value is -2.77. The van der Waals surface area contributed by atoms with Crippen molar-refractivity contribution in [1.82, 2.24) is 0 Å². The van der Waals surface area contributed by atoms with Crippen LogP contribution in [0.25, 0.3) is 0 Å². The molecular formula is C16H13F4N3O. The van der Waals surface area contributed by atoms with Crippen LogP contribution in [-0.2, 0) is 0 Å². The van der Waals surface area contributed by atoms with Crippen molar-refractivity contribution >= 4 is 11.5 Å². The molecule has 1 heterocycles. The average Bonchev–Trinajstić information content (AvgIpc) is 2.88. The molecular weight excluding hydrogens is 326 g/mol. The van der Waals surface area contributed by atoms with Gasteiger partial charge in [-0.2, -0.15) is 5.10 Å². The van der Waals surface area contributed by atoms with E-state index in [1.54, 1.807) is 11.1 Å². The minimum Gasteiger partial charge on any atom is -0.406 e. The van der Waals surface area contributed by atoms with Crippen LogP contribution in [0.1, 0.15) is 18.0 Å². The summed E-state index contributed by atoms with van der Waals surface area (Å²) in [7, 11) is 0. The highest BCUT2D eigenvalue weighted by atomic mass is 19.4. The van der Waals surface area contributed by atoms with E-state index in [0.717, 1.165) is 0 Å². The number of ether oxygens (including phenoxy) is 1. The summed E-state index contributed by atoms with van der Waals surface area (Å²) in [6.45, 7) is 0. The molecule has 24 heavy (non-hydrogen) atoms. The second kappa shape index (κ2) is 6.03. The van der Waals surface area contributed by atoms with Crippen LogP contribution >= 0.6 is 0 Å². The fourth-order valence-corrected chi connectivity index (χ4v) is 2.54. The molecule has 126 valence electrons. The van der Waals surface area contributed by atoms with Gasteiger partial charge in [-0.3, -0.25) is 5.01 Å². The molecule has 0 radical (unpaired) electrons. The van der Waals surface area contributed by atoms with E-state index in [0.29, 0.717) is 23.5 Å². The van der Waals surface area contributed by atoms with Gasteiger partial charge >= 0.3 is 6.36 Å². The van der Waals surface area contributed by atoms with Crippen molar-refractivity contribution in [3.63, 3.8) is 0 Å². The lowest BCUT2D eigenvalue weighted by molar-refractivity contribution is -0.274. The summed E-state index contributed by atoms with van der Waals surface area (Å²) >= 11 is 0. The van der Waals surface area contributed by atoms with E-state index < -0.39 is 18.2 Å². The first-order chi connectivity index (χ1) is 11.3. The Balaban J connectivity index is 1.90. The average molecular weight is 339 g/mol. The number of anilines is 1. The van der Waals surface area contributed by atoms with E-state index in [4.69, 9.17) is 5.73 Å². The van der Waals surface area contributed by atoms with Gasteiger partial charge in [0, 0.05) is 6.42 Å². The maximum Gasteiger partial charge on any atom is 0.573 e. The predicted molar refractivity (Wildman–Crippen MR) is 81.0 cm³/mol. The molecule has 3 rings (SSSR count). The summed E-state index contributed by atoms with van der Waals surface area (Å²) < 4.78 is 54.2. The smallest absolute Gasteiger partial charge is 0.406 e. The number of rotatable bonds is 3. The highest BCUT2D eigenvalue weighted by Crippen LogP contribution is 2.36. The lowest BCUT2D eigenvalue weighted by atomic mass is 10.0. The molecule has 0 spiro atoms. The molecule has 0 fully saturated rings. The molecule has 2 aromatic rings. The van der Waals surface area contributed by atoms with Gasteiger partial charge in [-0.15, -0.1) is 13.2 Å². The first kappa shape index (κ1) is 16.1. The van der Waals surface area contributed by atoms with Crippen LogP contribution in [-0.4, -0.2) is 12.2 Å². The number of hydrogen-bond acceptors (Lipinski definition) is 4. The van der Waals surface area contributed by atoms with Crippen LogP contribution in [0.2, 0.25) is 0 Å². The standard InChI is InChI=1S/C16H13F4N3O/c17-11-4-6-12(7-5-11)23-14(9-15(21)22-23)10-2-1-3-13(8-10)24-16(18,19)20/h1-8,14H,9H2,(H2,21,22). The third-order valence-electron chi connectivity index (χ3n) is 3.50. The predicted octanol–water partition coefficient (Wildman–Crippen LogP) is 3.95. The fourth-order valence-electron chi connectivity index (χ4n) is 2.54. The van der Waals surface area contributed by atoms with Crippen molar-refractivity contribution in [3.8, 4) is 5.75 Å².